The predicted molar refractivity (Wildman–Crippen MR) is 78.7 cm³/mol. The monoisotopic (exact) mass is 282 g/mol. The fourth-order valence-corrected chi connectivity index (χ4v) is 2.12. The Morgan fingerprint density at radius 1 is 1.37 bits per heavy atom. The molecule has 1 aromatic heterocycles. The highest BCUT2D eigenvalue weighted by molar-refractivity contribution is 5.85. The topological polar surface area (TPSA) is 54.3 Å². The van der Waals surface area contributed by atoms with E-state index in [1.165, 1.54) is 0 Å². The SMILES string of the molecule is CNCC(=O)NC(C)c1oc2ccccc2c1C.Cl. The Balaban J connectivity index is 0.00000180. The third-order valence-corrected chi connectivity index (χ3v) is 2.99. The van der Waals surface area contributed by atoms with Crippen LogP contribution in [0, 0.1) is 6.92 Å². The number of hydrogen-bond acceptors (Lipinski definition) is 3. The van der Waals surface area contributed by atoms with Crippen LogP contribution in [-0.2, 0) is 4.79 Å². The van der Waals surface area contributed by atoms with Crippen molar-refractivity contribution in [2.45, 2.75) is 19.9 Å². The average Bonchev–Trinajstić information content (AvgIpc) is 2.68. The Morgan fingerprint density at radius 3 is 2.68 bits per heavy atom. The summed E-state index contributed by atoms with van der Waals surface area (Å²) in [6.45, 7) is 4.25. The largest absolute Gasteiger partial charge is 0.459 e. The molecule has 0 saturated carbocycles. The van der Waals surface area contributed by atoms with E-state index in [9.17, 15) is 4.79 Å². The molecule has 0 aliphatic rings. The van der Waals surface area contributed by atoms with E-state index in [-0.39, 0.29) is 24.4 Å². The van der Waals surface area contributed by atoms with Crippen molar-refractivity contribution in [3.8, 4) is 0 Å². The number of hydrogen-bond donors (Lipinski definition) is 2. The molecule has 1 amide bonds. The number of rotatable bonds is 4. The molecule has 1 aromatic carbocycles. The number of fused-ring (bicyclic) bond motifs is 1. The lowest BCUT2D eigenvalue weighted by atomic mass is 10.1. The lowest BCUT2D eigenvalue weighted by molar-refractivity contribution is -0.120. The smallest absolute Gasteiger partial charge is 0.234 e. The summed E-state index contributed by atoms with van der Waals surface area (Å²) in [5, 5.41) is 6.83. The van der Waals surface area contributed by atoms with Crippen molar-refractivity contribution in [2.75, 3.05) is 13.6 Å². The third kappa shape index (κ3) is 3.28. The van der Waals surface area contributed by atoms with Crippen LogP contribution in [0.3, 0.4) is 0 Å². The molecule has 2 N–H and O–H groups in total. The number of amides is 1. The maximum absolute atomic E-state index is 11.5. The van der Waals surface area contributed by atoms with Crippen LogP contribution in [0.4, 0.5) is 0 Å². The number of carbonyl (C=O) groups is 1. The fourth-order valence-electron chi connectivity index (χ4n) is 2.12. The van der Waals surface area contributed by atoms with Crippen LogP contribution in [0.5, 0.6) is 0 Å². The van der Waals surface area contributed by atoms with E-state index < -0.39 is 0 Å². The van der Waals surface area contributed by atoms with Gasteiger partial charge in [-0.05, 0) is 27.0 Å². The molecule has 0 saturated heterocycles. The van der Waals surface area contributed by atoms with Gasteiger partial charge in [-0.1, -0.05) is 18.2 Å². The van der Waals surface area contributed by atoms with Gasteiger partial charge in [-0.3, -0.25) is 4.79 Å². The second-order valence-corrected chi connectivity index (χ2v) is 4.41. The maximum atomic E-state index is 11.5. The first-order chi connectivity index (χ1) is 8.63. The van der Waals surface area contributed by atoms with Crippen LogP contribution in [0.15, 0.2) is 28.7 Å². The molecule has 0 aliphatic heterocycles. The van der Waals surface area contributed by atoms with E-state index in [1.807, 2.05) is 38.1 Å². The van der Waals surface area contributed by atoms with Crippen LogP contribution in [-0.4, -0.2) is 19.5 Å². The minimum atomic E-state index is -0.127. The Kier molecular flexibility index (Phi) is 5.39. The molecule has 0 aliphatic carbocycles. The standard InChI is InChI=1S/C14H18N2O2.ClH/c1-9-11-6-4-5-7-12(11)18-14(9)10(2)16-13(17)8-15-3;/h4-7,10,15H,8H2,1-3H3,(H,16,17);1H. The van der Waals surface area contributed by atoms with Crippen molar-refractivity contribution >= 4 is 29.3 Å². The molecule has 0 spiro atoms. The molecule has 2 aromatic rings. The van der Waals surface area contributed by atoms with Crippen molar-refractivity contribution in [2.24, 2.45) is 0 Å². The van der Waals surface area contributed by atoms with E-state index in [2.05, 4.69) is 10.6 Å². The Hall–Kier alpha value is -1.52. The van der Waals surface area contributed by atoms with E-state index in [4.69, 9.17) is 4.42 Å². The molecule has 5 heteroatoms. The van der Waals surface area contributed by atoms with Crippen LogP contribution in [0.25, 0.3) is 11.0 Å². The lowest BCUT2D eigenvalue weighted by Gasteiger charge is -2.12. The second kappa shape index (κ2) is 6.59. The molecular weight excluding hydrogens is 264 g/mol. The van der Waals surface area contributed by atoms with Crippen molar-refractivity contribution in [1.29, 1.82) is 0 Å². The van der Waals surface area contributed by atoms with E-state index in [0.29, 0.717) is 6.54 Å². The van der Waals surface area contributed by atoms with Crippen LogP contribution in [0.1, 0.15) is 24.3 Å². The first kappa shape index (κ1) is 15.5. The third-order valence-electron chi connectivity index (χ3n) is 2.99. The number of nitrogens with one attached hydrogen (secondary N) is 2. The summed E-state index contributed by atoms with van der Waals surface area (Å²) in [4.78, 5) is 11.5. The normalized spacial score (nSPS) is 11.9. The summed E-state index contributed by atoms with van der Waals surface area (Å²) >= 11 is 0. The molecule has 1 unspecified atom stereocenters. The molecule has 0 bridgehead atoms. The molecule has 104 valence electrons. The molecule has 0 fully saturated rings. The van der Waals surface area contributed by atoms with Gasteiger partial charge in [-0.15, -0.1) is 12.4 Å². The maximum Gasteiger partial charge on any atom is 0.234 e. The zero-order valence-corrected chi connectivity index (χ0v) is 12.1. The Morgan fingerprint density at radius 2 is 2.05 bits per heavy atom. The number of likely N-dealkylation sites (N-methyl/N-ethyl adjacent to an activating group) is 1. The quantitative estimate of drug-likeness (QED) is 0.906. The minimum Gasteiger partial charge on any atom is -0.459 e. The number of furan rings is 1. The van der Waals surface area contributed by atoms with Gasteiger partial charge >= 0.3 is 0 Å². The summed E-state index contributed by atoms with van der Waals surface area (Å²) in [5.41, 5.74) is 1.95. The van der Waals surface area contributed by atoms with Gasteiger partial charge in [0.05, 0.1) is 12.6 Å². The first-order valence-electron chi connectivity index (χ1n) is 6.05. The summed E-state index contributed by atoms with van der Waals surface area (Å²) in [6, 6.07) is 7.77. The predicted octanol–water partition coefficient (Wildman–Crippen LogP) is 2.56. The molecular formula is C14H19ClN2O2. The lowest BCUT2D eigenvalue weighted by Crippen LogP contribution is -2.34. The second-order valence-electron chi connectivity index (χ2n) is 4.41. The number of benzene rings is 1. The Bertz CT molecular complexity index is 566. The highest BCUT2D eigenvalue weighted by Gasteiger charge is 2.17. The Labute approximate surface area is 119 Å². The van der Waals surface area contributed by atoms with Gasteiger partial charge in [0.1, 0.15) is 11.3 Å². The zero-order valence-electron chi connectivity index (χ0n) is 11.3. The van der Waals surface area contributed by atoms with Gasteiger partial charge in [-0.2, -0.15) is 0 Å². The molecule has 1 heterocycles. The number of halogens is 1. The first-order valence-corrected chi connectivity index (χ1v) is 6.05. The molecule has 2 rings (SSSR count). The minimum absolute atomic E-state index is 0. The highest BCUT2D eigenvalue weighted by Crippen LogP contribution is 2.28. The van der Waals surface area contributed by atoms with Crippen molar-refractivity contribution < 1.29 is 9.21 Å². The van der Waals surface area contributed by atoms with Gasteiger partial charge in [0, 0.05) is 10.9 Å². The molecule has 4 nitrogen and oxygen atoms in total. The zero-order chi connectivity index (χ0) is 13.1. The van der Waals surface area contributed by atoms with Gasteiger partial charge in [-0.25, -0.2) is 0 Å². The molecule has 1 atom stereocenters. The summed E-state index contributed by atoms with van der Waals surface area (Å²) in [6.07, 6.45) is 0. The van der Waals surface area contributed by atoms with Crippen molar-refractivity contribution in [3.05, 3.63) is 35.6 Å². The van der Waals surface area contributed by atoms with Gasteiger partial charge in [0.2, 0.25) is 5.91 Å². The van der Waals surface area contributed by atoms with Crippen LogP contribution >= 0.6 is 12.4 Å². The summed E-state index contributed by atoms with van der Waals surface area (Å²) in [7, 11) is 1.75. The summed E-state index contributed by atoms with van der Waals surface area (Å²) in [5.74, 6) is 0.783. The van der Waals surface area contributed by atoms with Gasteiger partial charge in [0.15, 0.2) is 0 Å². The highest BCUT2D eigenvalue weighted by atomic mass is 35.5. The van der Waals surface area contributed by atoms with Crippen LogP contribution < -0.4 is 10.6 Å². The van der Waals surface area contributed by atoms with Crippen molar-refractivity contribution in [1.82, 2.24) is 10.6 Å². The molecule has 19 heavy (non-hydrogen) atoms. The molecule has 0 radical (unpaired) electrons. The van der Waals surface area contributed by atoms with Gasteiger partial charge < -0.3 is 15.1 Å². The van der Waals surface area contributed by atoms with Crippen LogP contribution in [0.2, 0.25) is 0 Å². The summed E-state index contributed by atoms with van der Waals surface area (Å²) < 4.78 is 5.80. The van der Waals surface area contributed by atoms with Gasteiger partial charge in [0.25, 0.3) is 0 Å². The van der Waals surface area contributed by atoms with E-state index in [0.717, 1.165) is 22.3 Å². The number of aryl methyl sites for hydroxylation is 1. The van der Waals surface area contributed by atoms with Crippen molar-refractivity contribution in [3.63, 3.8) is 0 Å². The fraction of sp³-hybridized carbons (Fsp3) is 0.357. The van der Waals surface area contributed by atoms with E-state index >= 15 is 0 Å². The number of carbonyl (C=O) groups excluding carboxylic acids is 1. The number of para-hydroxylation sites is 1. The van der Waals surface area contributed by atoms with E-state index in [1.54, 1.807) is 7.05 Å². The average molecular weight is 283 g/mol.